The molecule has 0 aliphatic carbocycles. The molecule has 0 saturated carbocycles. The van der Waals surface area contributed by atoms with Gasteiger partial charge in [-0.1, -0.05) is 22.6 Å². The Morgan fingerprint density at radius 3 is 2.33 bits per heavy atom. The minimum atomic E-state index is -0.790. The van der Waals surface area contributed by atoms with E-state index in [2.05, 4.69) is 41.3 Å². The highest BCUT2D eigenvalue weighted by Crippen LogP contribution is 2.16. The molecule has 5 heteroatoms. The molecule has 1 rings (SSSR count). The summed E-state index contributed by atoms with van der Waals surface area (Å²) in [5.41, 5.74) is 0. The average Bonchev–Trinajstić information content (AvgIpc) is 2.16. The lowest BCUT2D eigenvalue weighted by Crippen LogP contribution is -2.57. The first-order chi connectivity index (χ1) is 7.06. The Hall–Kier alpha value is -0.0400. The van der Waals surface area contributed by atoms with Crippen molar-refractivity contribution in [3.8, 4) is 0 Å². The molecule has 1 amide bonds. The Labute approximate surface area is 105 Å². The van der Waals surface area contributed by atoms with Crippen LogP contribution in [-0.2, 0) is 0 Å². The third-order valence-corrected chi connectivity index (χ3v) is 3.68. The number of hydrogen-bond acceptors (Lipinski definition) is 2. The molecule has 88 valence electrons. The second-order valence-corrected chi connectivity index (χ2v) is 5.24. The molecular weight excluding hydrogens is 307 g/mol. The van der Waals surface area contributed by atoms with Crippen LogP contribution in [0.2, 0.25) is 0 Å². The second kappa shape index (κ2) is 5.89. The van der Waals surface area contributed by atoms with E-state index < -0.39 is 6.09 Å². The molecule has 0 bridgehead atoms. The van der Waals surface area contributed by atoms with Crippen molar-refractivity contribution < 1.29 is 9.90 Å². The predicted octanol–water partition coefficient (Wildman–Crippen LogP) is 1.88. The lowest BCUT2D eigenvalue weighted by atomic mass is 10.1. The van der Waals surface area contributed by atoms with E-state index in [0.717, 1.165) is 11.0 Å². The number of amides is 1. The molecule has 4 nitrogen and oxygen atoms in total. The second-order valence-electron chi connectivity index (χ2n) is 4.17. The van der Waals surface area contributed by atoms with Crippen molar-refractivity contribution in [2.75, 3.05) is 24.1 Å². The standard InChI is InChI=1S/C10H19IN2O2/c1-8-6-12(10(14)15)7-9(2)13(8)5-3-4-11/h8-9H,3-7H2,1-2H3,(H,14,15)/t8-,9+. The van der Waals surface area contributed by atoms with Crippen molar-refractivity contribution >= 4 is 28.7 Å². The lowest BCUT2D eigenvalue weighted by Gasteiger charge is -2.43. The number of hydrogen-bond donors (Lipinski definition) is 1. The molecule has 0 unspecified atom stereocenters. The van der Waals surface area contributed by atoms with Crippen molar-refractivity contribution in [2.24, 2.45) is 0 Å². The van der Waals surface area contributed by atoms with E-state index in [0.29, 0.717) is 25.2 Å². The fraction of sp³-hybridized carbons (Fsp3) is 0.900. The van der Waals surface area contributed by atoms with Crippen molar-refractivity contribution in [1.82, 2.24) is 9.80 Å². The lowest BCUT2D eigenvalue weighted by molar-refractivity contribution is 0.0406. The van der Waals surface area contributed by atoms with Gasteiger partial charge in [-0.15, -0.1) is 0 Å². The maximum absolute atomic E-state index is 10.9. The van der Waals surface area contributed by atoms with Crippen LogP contribution >= 0.6 is 22.6 Å². The van der Waals surface area contributed by atoms with Crippen LogP contribution in [0.5, 0.6) is 0 Å². The third-order valence-electron chi connectivity index (χ3n) is 2.92. The zero-order chi connectivity index (χ0) is 11.4. The van der Waals surface area contributed by atoms with Crippen molar-refractivity contribution in [2.45, 2.75) is 32.4 Å². The van der Waals surface area contributed by atoms with Crippen molar-refractivity contribution in [3.63, 3.8) is 0 Å². The maximum atomic E-state index is 10.9. The number of carboxylic acid groups (broad SMARTS) is 1. The summed E-state index contributed by atoms with van der Waals surface area (Å²) in [4.78, 5) is 14.8. The Bertz CT molecular complexity index is 213. The van der Waals surface area contributed by atoms with E-state index in [4.69, 9.17) is 5.11 Å². The van der Waals surface area contributed by atoms with Crippen LogP contribution in [0.4, 0.5) is 4.79 Å². The highest BCUT2D eigenvalue weighted by molar-refractivity contribution is 14.1. The highest BCUT2D eigenvalue weighted by Gasteiger charge is 2.30. The van der Waals surface area contributed by atoms with E-state index in [9.17, 15) is 4.79 Å². The molecule has 0 aromatic heterocycles. The third kappa shape index (κ3) is 3.48. The molecule has 1 fully saturated rings. The molecule has 1 heterocycles. The Morgan fingerprint density at radius 1 is 1.40 bits per heavy atom. The van der Waals surface area contributed by atoms with Gasteiger partial charge in [0.2, 0.25) is 0 Å². The number of nitrogens with zero attached hydrogens (tertiary/aromatic N) is 2. The first-order valence-electron chi connectivity index (χ1n) is 5.35. The fourth-order valence-electron chi connectivity index (χ4n) is 2.20. The molecular formula is C10H19IN2O2. The molecule has 0 aromatic carbocycles. The van der Waals surface area contributed by atoms with Crippen LogP contribution in [-0.4, -0.2) is 57.1 Å². The molecule has 2 atom stereocenters. The largest absolute Gasteiger partial charge is 0.465 e. The highest BCUT2D eigenvalue weighted by atomic mass is 127. The quantitative estimate of drug-likeness (QED) is 0.636. The zero-order valence-corrected chi connectivity index (χ0v) is 11.5. The van der Waals surface area contributed by atoms with Gasteiger partial charge in [-0.05, 0) is 26.8 Å². The smallest absolute Gasteiger partial charge is 0.407 e. The monoisotopic (exact) mass is 326 g/mol. The topological polar surface area (TPSA) is 43.8 Å². The van der Waals surface area contributed by atoms with E-state index in [-0.39, 0.29) is 0 Å². The van der Waals surface area contributed by atoms with Gasteiger partial charge in [0.05, 0.1) is 0 Å². The first kappa shape index (κ1) is 13.0. The minimum absolute atomic E-state index is 0.341. The summed E-state index contributed by atoms with van der Waals surface area (Å²) in [7, 11) is 0. The van der Waals surface area contributed by atoms with E-state index >= 15 is 0 Å². The van der Waals surface area contributed by atoms with Gasteiger partial charge >= 0.3 is 6.09 Å². The van der Waals surface area contributed by atoms with Crippen molar-refractivity contribution in [3.05, 3.63) is 0 Å². The summed E-state index contributed by atoms with van der Waals surface area (Å²) in [5, 5.41) is 8.94. The molecule has 1 N–H and O–H groups in total. The SMILES string of the molecule is C[C@@H]1CN(C(=O)O)C[C@H](C)N1CCCI. The van der Waals surface area contributed by atoms with Crippen LogP contribution in [0.1, 0.15) is 20.3 Å². The molecule has 1 saturated heterocycles. The Balaban J connectivity index is 2.52. The maximum Gasteiger partial charge on any atom is 0.407 e. The van der Waals surface area contributed by atoms with Gasteiger partial charge in [0, 0.05) is 29.6 Å². The minimum Gasteiger partial charge on any atom is -0.465 e. The normalized spacial score (nSPS) is 28.1. The number of carbonyl (C=O) groups is 1. The summed E-state index contributed by atoms with van der Waals surface area (Å²) in [6.07, 6.45) is 0.393. The summed E-state index contributed by atoms with van der Waals surface area (Å²) >= 11 is 2.38. The molecule has 0 aromatic rings. The molecule has 1 aliphatic heterocycles. The Morgan fingerprint density at radius 2 is 1.93 bits per heavy atom. The van der Waals surface area contributed by atoms with E-state index in [1.54, 1.807) is 0 Å². The van der Waals surface area contributed by atoms with Crippen molar-refractivity contribution in [1.29, 1.82) is 0 Å². The van der Waals surface area contributed by atoms with Gasteiger partial charge in [-0.25, -0.2) is 4.79 Å². The first-order valence-corrected chi connectivity index (χ1v) is 6.88. The summed E-state index contributed by atoms with van der Waals surface area (Å²) in [6, 6.07) is 0.681. The zero-order valence-electron chi connectivity index (χ0n) is 9.32. The van der Waals surface area contributed by atoms with Gasteiger partial charge in [0.15, 0.2) is 0 Å². The van der Waals surface area contributed by atoms with Gasteiger partial charge in [-0.2, -0.15) is 0 Å². The van der Waals surface area contributed by atoms with E-state index in [1.807, 2.05) is 0 Å². The number of halogens is 1. The molecule has 0 spiro atoms. The molecule has 15 heavy (non-hydrogen) atoms. The van der Waals surface area contributed by atoms with Crippen LogP contribution in [0.3, 0.4) is 0 Å². The van der Waals surface area contributed by atoms with Crippen LogP contribution in [0.25, 0.3) is 0 Å². The number of rotatable bonds is 3. The van der Waals surface area contributed by atoms with E-state index in [1.165, 1.54) is 11.3 Å². The van der Waals surface area contributed by atoms with Gasteiger partial charge in [-0.3, -0.25) is 4.90 Å². The van der Waals surface area contributed by atoms with Gasteiger partial charge in [0.25, 0.3) is 0 Å². The predicted molar refractivity (Wildman–Crippen MR) is 68.7 cm³/mol. The van der Waals surface area contributed by atoms with Gasteiger partial charge in [0.1, 0.15) is 0 Å². The number of piperazine rings is 1. The molecule has 1 aliphatic rings. The fourth-order valence-corrected chi connectivity index (χ4v) is 2.54. The van der Waals surface area contributed by atoms with Crippen LogP contribution in [0.15, 0.2) is 0 Å². The van der Waals surface area contributed by atoms with Gasteiger partial charge < -0.3 is 10.0 Å². The summed E-state index contributed by atoms with van der Waals surface area (Å²) < 4.78 is 1.16. The average molecular weight is 326 g/mol. The van der Waals surface area contributed by atoms with Crippen LogP contribution in [0, 0.1) is 0 Å². The molecule has 0 radical (unpaired) electrons. The Kier molecular flexibility index (Phi) is 5.11. The number of alkyl halides is 1. The summed E-state index contributed by atoms with van der Waals surface area (Å²) in [6.45, 7) is 6.58. The summed E-state index contributed by atoms with van der Waals surface area (Å²) in [5.74, 6) is 0. The van der Waals surface area contributed by atoms with Crippen LogP contribution < -0.4 is 0 Å².